The van der Waals surface area contributed by atoms with Gasteiger partial charge in [0.05, 0.1) is 12.5 Å². The number of nitrogens with zero attached hydrogens (tertiary/aromatic N) is 2. The summed E-state index contributed by atoms with van der Waals surface area (Å²) in [5.74, 6) is 2.01. The zero-order chi connectivity index (χ0) is 14.9. The zero-order valence-electron chi connectivity index (χ0n) is 12.9. The topological polar surface area (TPSA) is 70.2 Å². The summed E-state index contributed by atoms with van der Waals surface area (Å²) in [6, 6.07) is 2.50. The molecule has 0 bridgehead atoms. The molecule has 0 aromatic carbocycles. The van der Waals surface area contributed by atoms with E-state index in [1.54, 1.807) is 0 Å². The average Bonchev–Trinajstić information content (AvgIpc) is 3.05. The Labute approximate surface area is 130 Å². The van der Waals surface area contributed by atoms with Crippen LogP contribution in [0.4, 0.5) is 5.82 Å². The van der Waals surface area contributed by atoms with Gasteiger partial charge in [-0.25, -0.2) is 0 Å². The van der Waals surface area contributed by atoms with Crippen LogP contribution in [0.25, 0.3) is 0 Å². The predicted octanol–water partition coefficient (Wildman–Crippen LogP) is 1.41. The lowest BCUT2D eigenvalue weighted by molar-refractivity contribution is -0.125. The van der Waals surface area contributed by atoms with Crippen molar-refractivity contribution in [2.24, 2.45) is 5.92 Å². The van der Waals surface area contributed by atoms with Gasteiger partial charge >= 0.3 is 0 Å². The number of aromatic nitrogens is 2. The van der Waals surface area contributed by atoms with Crippen molar-refractivity contribution in [3.63, 3.8) is 0 Å². The Morgan fingerprint density at radius 3 is 2.77 bits per heavy atom. The van der Waals surface area contributed by atoms with Crippen LogP contribution in [0.5, 0.6) is 0 Å². The van der Waals surface area contributed by atoms with Gasteiger partial charge in [0, 0.05) is 43.4 Å². The van der Waals surface area contributed by atoms with Gasteiger partial charge in [-0.2, -0.15) is 5.10 Å². The normalized spacial score (nSPS) is 26.4. The smallest absolute Gasteiger partial charge is 0.225 e. The van der Waals surface area contributed by atoms with Crippen LogP contribution >= 0.6 is 0 Å². The molecule has 1 saturated carbocycles. The fourth-order valence-electron chi connectivity index (χ4n) is 3.40. The highest BCUT2D eigenvalue weighted by atomic mass is 16.5. The van der Waals surface area contributed by atoms with Gasteiger partial charge in [0.15, 0.2) is 5.82 Å². The van der Waals surface area contributed by atoms with Gasteiger partial charge in [-0.1, -0.05) is 0 Å². The van der Waals surface area contributed by atoms with Crippen molar-refractivity contribution in [1.82, 2.24) is 15.5 Å². The third-order valence-corrected chi connectivity index (χ3v) is 5.07. The van der Waals surface area contributed by atoms with E-state index in [0.717, 1.165) is 44.8 Å². The van der Waals surface area contributed by atoms with Crippen LogP contribution in [0, 0.1) is 5.92 Å². The first kappa shape index (κ1) is 14.1. The Morgan fingerprint density at radius 2 is 2.09 bits per heavy atom. The summed E-state index contributed by atoms with van der Waals surface area (Å²) >= 11 is 0. The molecule has 22 heavy (non-hydrogen) atoms. The lowest BCUT2D eigenvalue weighted by atomic mass is 10.0. The molecule has 120 valence electrons. The van der Waals surface area contributed by atoms with Crippen molar-refractivity contribution in [2.75, 3.05) is 31.2 Å². The molecule has 4 rings (SSSR count). The zero-order valence-corrected chi connectivity index (χ0v) is 12.9. The quantitative estimate of drug-likeness (QED) is 0.882. The van der Waals surface area contributed by atoms with Gasteiger partial charge in [-0.3, -0.25) is 9.89 Å². The maximum atomic E-state index is 12.1. The number of carbonyl (C=O) groups excluding carboxylic acids is 1. The Hall–Kier alpha value is -1.56. The standard InChI is InChI=1S/C16H24N4O2/c21-16(12-5-8-22-10-12)17-13-3-6-20(7-4-13)15-9-14(18-19-15)11-1-2-11/h9,11-13H,1-8,10H2,(H,17,21)(H,18,19)/t12-/m0/s1. The molecule has 0 radical (unpaired) electrons. The second kappa shape index (κ2) is 5.91. The average molecular weight is 304 g/mol. The Morgan fingerprint density at radius 1 is 1.27 bits per heavy atom. The first-order valence-corrected chi connectivity index (χ1v) is 8.48. The van der Waals surface area contributed by atoms with E-state index in [-0.39, 0.29) is 11.8 Å². The molecule has 1 aromatic heterocycles. The lowest BCUT2D eigenvalue weighted by Gasteiger charge is -2.32. The Kier molecular flexibility index (Phi) is 3.78. The first-order chi connectivity index (χ1) is 10.8. The second-order valence-corrected chi connectivity index (χ2v) is 6.79. The van der Waals surface area contributed by atoms with E-state index in [9.17, 15) is 4.79 Å². The number of aromatic amines is 1. The molecule has 3 fully saturated rings. The van der Waals surface area contributed by atoms with Crippen molar-refractivity contribution in [3.8, 4) is 0 Å². The fraction of sp³-hybridized carbons (Fsp3) is 0.750. The van der Waals surface area contributed by atoms with E-state index < -0.39 is 0 Å². The van der Waals surface area contributed by atoms with E-state index in [4.69, 9.17) is 4.74 Å². The molecule has 1 aliphatic carbocycles. The van der Waals surface area contributed by atoms with Crippen molar-refractivity contribution < 1.29 is 9.53 Å². The van der Waals surface area contributed by atoms with Gasteiger partial charge in [0.2, 0.25) is 5.91 Å². The van der Waals surface area contributed by atoms with E-state index >= 15 is 0 Å². The van der Waals surface area contributed by atoms with Gasteiger partial charge in [0.25, 0.3) is 0 Å². The summed E-state index contributed by atoms with van der Waals surface area (Å²) in [5, 5.41) is 10.8. The van der Waals surface area contributed by atoms with E-state index in [2.05, 4.69) is 26.5 Å². The van der Waals surface area contributed by atoms with Crippen molar-refractivity contribution >= 4 is 11.7 Å². The second-order valence-electron chi connectivity index (χ2n) is 6.79. The number of ether oxygens (including phenoxy) is 1. The van der Waals surface area contributed by atoms with Crippen molar-refractivity contribution in [2.45, 2.75) is 44.1 Å². The van der Waals surface area contributed by atoms with Crippen LogP contribution in [0.3, 0.4) is 0 Å². The van der Waals surface area contributed by atoms with Gasteiger partial charge < -0.3 is 15.0 Å². The summed E-state index contributed by atoms with van der Waals surface area (Å²) < 4.78 is 5.29. The molecule has 2 aliphatic heterocycles. The lowest BCUT2D eigenvalue weighted by Crippen LogP contribution is -2.46. The highest BCUT2D eigenvalue weighted by Crippen LogP contribution is 2.40. The molecule has 1 atom stereocenters. The highest BCUT2D eigenvalue weighted by Gasteiger charge is 2.29. The van der Waals surface area contributed by atoms with E-state index in [1.165, 1.54) is 18.5 Å². The maximum absolute atomic E-state index is 12.1. The summed E-state index contributed by atoms with van der Waals surface area (Å²) in [7, 11) is 0. The number of hydrogen-bond donors (Lipinski definition) is 2. The number of rotatable bonds is 4. The number of piperidine rings is 1. The third kappa shape index (κ3) is 2.97. The molecular weight excluding hydrogens is 280 g/mol. The number of hydrogen-bond acceptors (Lipinski definition) is 4. The maximum Gasteiger partial charge on any atom is 0.225 e. The molecule has 1 amide bonds. The number of H-pyrrole nitrogens is 1. The van der Waals surface area contributed by atoms with Crippen molar-refractivity contribution in [3.05, 3.63) is 11.8 Å². The molecular formula is C16H24N4O2. The van der Waals surface area contributed by atoms with E-state index in [0.29, 0.717) is 18.6 Å². The minimum absolute atomic E-state index is 0.0606. The minimum Gasteiger partial charge on any atom is -0.381 e. The summed E-state index contributed by atoms with van der Waals surface area (Å²) in [6.45, 7) is 3.23. The van der Waals surface area contributed by atoms with Crippen LogP contribution in [-0.2, 0) is 9.53 Å². The molecule has 0 spiro atoms. The Bertz CT molecular complexity index is 526. The molecule has 2 saturated heterocycles. The number of carbonyl (C=O) groups is 1. The molecule has 6 heteroatoms. The van der Waals surface area contributed by atoms with Gasteiger partial charge in [0.1, 0.15) is 0 Å². The summed E-state index contributed by atoms with van der Waals surface area (Å²) in [5.41, 5.74) is 1.28. The summed E-state index contributed by atoms with van der Waals surface area (Å²) in [6.07, 6.45) is 5.43. The SMILES string of the molecule is O=C(NC1CCN(c2cc(C3CC3)[nH]n2)CC1)[C@H]1CCOC1. The van der Waals surface area contributed by atoms with Gasteiger partial charge in [-0.05, 0) is 32.1 Å². The van der Waals surface area contributed by atoms with Crippen LogP contribution in [0.2, 0.25) is 0 Å². The first-order valence-electron chi connectivity index (χ1n) is 8.48. The molecule has 3 aliphatic rings. The highest BCUT2D eigenvalue weighted by molar-refractivity contribution is 5.79. The van der Waals surface area contributed by atoms with Crippen LogP contribution in [-0.4, -0.2) is 48.4 Å². The van der Waals surface area contributed by atoms with Crippen LogP contribution < -0.4 is 10.2 Å². The van der Waals surface area contributed by atoms with Crippen LogP contribution in [0.1, 0.15) is 43.7 Å². The van der Waals surface area contributed by atoms with E-state index in [1.807, 2.05) is 0 Å². The molecule has 3 heterocycles. The number of anilines is 1. The molecule has 0 unspecified atom stereocenters. The monoisotopic (exact) mass is 304 g/mol. The molecule has 6 nitrogen and oxygen atoms in total. The Balaban J connectivity index is 1.27. The largest absolute Gasteiger partial charge is 0.381 e. The number of amides is 1. The number of nitrogens with one attached hydrogen (secondary N) is 2. The van der Waals surface area contributed by atoms with Crippen LogP contribution in [0.15, 0.2) is 6.07 Å². The molecule has 1 aromatic rings. The summed E-state index contributed by atoms with van der Waals surface area (Å²) in [4.78, 5) is 14.5. The third-order valence-electron chi connectivity index (χ3n) is 5.07. The minimum atomic E-state index is 0.0606. The molecule has 2 N–H and O–H groups in total. The fourth-order valence-corrected chi connectivity index (χ4v) is 3.40. The van der Waals surface area contributed by atoms with Crippen molar-refractivity contribution in [1.29, 1.82) is 0 Å². The van der Waals surface area contributed by atoms with Gasteiger partial charge in [-0.15, -0.1) is 0 Å². The predicted molar refractivity (Wildman–Crippen MR) is 82.9 cm³/mol.